The van der Waals surface area contributed by atoms with Gasteiger partial charge in [0.25, 0.3) is 0 Å². The average Bonchev–Trinajstić information content (AvgIpc) is 3.22. The van der Waals surface area contributed by atoms with Crippen LogP contribution in [0, 0.1) is 6.92 Å². The van der Waals surface area contributed by atoms with Crippen LogP contribution in [0.25, 0.3) is 11.1 Å². The molecule has 2 aliphatic rings. The Kier molecular flexibility index (Phi) is 4.94. The van der Waals surface area contributed by atoms with Crippen LogP contribution < -0.4 is 9.47 Å². The minimum Gasteiger partial charge on any atom is -0.486 e. The first kappa shape index (κ1) is 18.2. The molecule has 1 atom stereocenters. The van der Waals surface area contributed by atoms with Crippen molar-refractivity contribution in [3.05, 3.63) is 77.6 Å². The predicted molar refractivity (Wildman–Crippen MR) is 114 cm³/mol. The summed E-state index contributed by atoms with van der Waals surface area (Å²) < 4.78 is 11.5. The number of ether oxygens (including phenoxy) is 2. The van der Waals surface area contributed by atoms with E-state index in [4.69, 9.17) is 9.47 Å². The summed E-state index contributed by atoms with van der Waals surface area (Å²) in [7, 11) is 0. The van der Waals surface area contributed by atoms with Crippen LogP contribution >= 0.6 is 0 Å². The Morgan fingerprint density at radius 3 is 2.62 bits per heavy atom. The van der Waals surface area contributed by atoms with Crippen molar-refractivity contribution < 1.29 is 9.47 Å². The molecule has 1 aromatic heterocycles. The number of hydrogen-bond donors (Lipinski definition) is 0. The van der Waals surface area contributed by atoms with E-state index in [0.29, 0.717) is 19.3 Å². The molecule has 0 spiro atoms. The van der Waals surface area contributed by atoms with Gasteiger partial charge in [0.05, 0.1) is 0 Å². The van der Waals surface area contributed by atoms with Crippen molar-refractivity contribution in [3.8, 4) is 22.6 Å². The first-order chi connectivity index (χ1) is 14.3. The molecule has 4 nitrogen and oxygen atoms in total. The Bertz CT molecular complexity index is 1000. The quantitative estimate of drug-likeness (QED) is 0.620. The topological polar surface area (TPSA) is 34.6 Å². The highest BCUT2D eigenvalue weighted by Gasteiger charge is 2.27. The minimum absolute atomic E-state index is 0.436. The van der Waals surface area contributed by atoms with E-state index in [0.717, 1.165) is 24.6 Å². The number of benzene rings is 2. The zero-order chi connectivity index (χ0) is 19.6. The van der Waals surface area contributed by atoms with Crippen molar-refractivity contribution in [2.24, 2.45) is 0 Å². The van der Waals surface area contributed by atoms with Crippen LogP contribution in [0.2, 0.25) is 0 Å². The average molecular weight is 386 g/mol. The van der Waals surface area contributed by atoms with Gasteiger partial charge < -0.3 is 9.47 Å². The molecule has 5 rings (SSSR count). The third kappa shape index (κ3) is 3.73. The Hall–Kier alpha value is -2.85. The molecule has 2 aromatic carbocycles. The highest BCUT2D eigenvalue weighted by atomic mass is 16.6. The van der Waals surface area contributed by atoms with E-state index in [-0.39, 0.29) is 0 Å². The zero-order valence-corrected chi connectivity index (χ0v) is 16.8. The number of rotatable bonds is 4. The van der Waals surface area contributed by atoms with Gasteiger partial charge in [-0.2, -0.15) is 0 Å². The maximum Gasteiger partial charge on any atom is 0.161 e. The van der Waals surface area contributed by atoms with Crippen molar-refractivity contribution >= 4 is 0 Å². The van der Waals surface area contributed by atoms with Crippen LogP contribution in [0.4, 0.5) is 0 Å². The molecule has 0 bridgehead atoms. The summed E-state index contributed by atoms with van der Waals surface area (Å²) in [5.41, 5.74) is 6.51. The molecule has 0 saturated carbocycles. The normalized spacial score (nSPS) is 18.7. The van der Waals surface area contributed by atoms with E-state index in [2.05, 4.69) is 65.3 Å². The van der Waals surface area contributed by atoms with Gasteiger partial charge >= 0.3 is 0 Å². The van der Waals surface area contributed by atoms with E-state index >= 15 is 0 Å². The van der Waals surface area contributed by atoms with E-state index in [1.54, 1.807) is 0 Å². The Morgan fingerprint density at radius 2 is 1.79 bits per heavy atom. The second-order valence-corrected chi connectivity index (χ2v) is 7.92. The van der Waals surface area contributed by atoms with E-state index in [1.165, 1.54) is 40.7 Å². The number of aryl methyl sites for hydroxylation is 1. The van der Waals surface area contributed by atoms with E-state index < -0.39 is 0 Å². The fraction of sp³-hybridized carbons (Fsp3) is 0.320. The van der Waals surface area contributed by atoms with Gasteiger partial charge in [0.1, 0.15) is 13.2 Å². The van der Waals surface area contributed by atoms with Gasteiger partial charge in [0, 0.05) is 25.0 Å². The third-order valence-corrected chi connectivity index (χ3v) is 5.98. The minimum atomic E-state index is 0.436. The van der Waals surface area contributed by atoms with E-state index in [1.807, 2.05) is 12.4 Å². The lowest BCUT2D eigenvalue weighted by Gasteiger charge is -2.27. The van der Waals surface area contributed by atoms with Crippen LogP contribution in [0.3, 0.4) is 0 Å². The fourth-order valence-corrected chi connectivity index (χ4v) is 4.57. The lowest BCUT2D eigenvalue weighted by molar-refractivity contribution is 0.170. The fourth-order valence-electron chi connectivity index (χ4n) is 4.57. The highest BCUT2D eigenvalue weighted by Crippen LogP contribution is 2.38. The summed E-state index contributed by atoms with van der Waals surface area (Å²) in [5, 5.41) is 0. The second kappa shape index (κ2) is 7.88. The molecular weight excluding hydrogens is 360 g/mol. The molecule has 0 aliphatic carbocycles. The Morgan fingerprint density at radius 1 is 0.966 bits per heavy atom. The molecule has 3 aromatic rings. The van der Waals surface area contributed by atoms with Gasteiger partial charge in [-0.15, -0.1) is 0 Å². The molecule has 4 heteroatoms. The van der Waals surface area contributed by atoms with Crippen molar-refractivity contribution in [2.75, 3.05) is 19.8 Å². The highest BCUT2D eigenvalue weighted by molar-refractivity contribution is 5.67. The van der Waals surface area contributed by atoms with Crippen molar-refractivity contribution in [3.63, 3.8) is 0 Å². The second-order valence-electron chi connectivity index (χ2n) is 7.92. The lowest BCUT2D eigenvalue weighted by Crippen LogP contribution is -2.23. The van der Waals surface area contributed by atoms with Crippen LogP contribution in [0.15, 0.2) is 60.9 Å². The van der Waals surface area contributed by atoms with Crippen LogP contribution in [0.1, 0.15) is 35.6 Å². The Balaban J connectivity index is 1.35. The summed E-state index contributed by atoms with van der Waals surface area (Å²) >= 11 is 0. The molecule has 2 aliphatic heterocycles. The number of aromatic nitrogens is 1. The lowest BCUT2D eigenvalue weighted by atomic mass is 9.98. The maximum absolute atomic E-state index is 5.80. The van der Waals surface area contributed by atoms with Crippen LogP contribution in [-0.4, -0.2) is 29.6 Å². The molecule has 0 N–H and O–H groups in total. The van der Waals surface area contributed by atoms with Gasteiger partial charge in [-0.05, 0) is 78.4 Å². The molecule has 0 amide bonds. The van der Waals surface area contributed by atoms with Gasteiger partial charge in [-0.1, -0.05) is 24.3 Å². The molecule has 29 heavy (non-hydrogen) atoms. The van der Waals surface area contributed by atoms with Gasteiger partial charge in [-0.3, -0.25) is 9.88 Å². The number of nitrogens with zero attached hydrogens (tertiary/aromatic N) is 2. The van der Waals surface area contributed by atoms with Gasteiger partial charge in [-0.25, -0.2) is 0 Å². The maximum atomic E-state index is 5.80. The predicted octanol–water partition coefficient (Wildman–Crippen LogP) is 5.17. The van der Waals surface area contributed by atoms with Crippen molar-refractivity contribution in [1.29, 1.82) is 0 Å². The zero-order valence-electron chi connectivity index (χ0n) is 16.8. The Labute approximate surface area is 172 Å². The molecule has 1 saturated heterocycles. The number of pyridine rings is 1. The van der Waals surface area contributed by atoms with Crippen LogP contribution in [0.5, 0.6) is 11.5 Å². The summed E-state index contributed by atoms with van der Waals surface area (Å²) in [6, 6.07) is 17.9. The molecule has 148 valence electrons. The van der Waals surface area contributed by atoms with Crippen molar-refractivity contribution in [2.45, 2.75) is 32.4 Å². The van der Waals surface area contributed by atoms with Gasteiger partial charge in [0.15, 0.2) is 11.5 Å². The van der Waals surface area contributed by atoms with Crippen LogP contribution in [-0.2, 0) is 6.54 Å². The third-order valence-electron chi connectivity index (χ3n) is 5.98. The van der Waals surface area contributed by atoms with E-state index in [9.17, 15) is 0 Å². The number of likely N-dealkylation sites (tertiary alicyclic amines) is 1. The monoisotopic (exact) mass is 386 g/mol. The molecule has 1 fully saturated rings. The largest absolute Gasteiger partial charge is 0.486 e. The summed E-state index contributed by atoms with van der Waals surface area (Å²) in [4.78, 5) is 6.72. The first-order valence-electron chi connectivity index (χ1n) is 10.4. The number of fused-ring (bicyclic) bond motifs is 1. The molecule has 3 heterocycles. The van der Waals surface area contributed by atoms with Gasteiger partial charge in [0.2, 0.25) is 0 Å². The number of hydrogen-bond acceptors (Lipinski definition) is 4. The first-order valence-corrected chi connectivity index (χ1v) is 10.4. The molecule has 0 radical (unpaired) electrons. The molecular formula is C25H26N2O2. The molecule has 0 unspecified atom stereocenters. The SMILES string of the molecule is Cc1cc(CN2CCC[C@H]2c2ccc3c(c2)OCCO3)ccc1-c1ccncc1. The van der Waals surface area contributed by atoms with Crippen molar-refractivity contribution in [1.82, 2.24) is 9.88 Å². The standard InChI is InChI=1S/C25H26N2O2/c1-18-15-19(4-6-22(18)20-8-10-26-11-9-20)17-27-12-2-3-23(27)21-5-7-24-25(16-21)29-14-13-28-24/h4-11,15-16,23H,2-3,12-14,17H2,1H3/t23-/m0/s1. The summed E-state index contributed by atoms with van der Waals surface area (Å²) in [6.07, 6.45) is 6.12. The summed E-state index contributed by atoms with van der Waals surface area (Å²) in [6.45, 7) is 5.56. The summed E-state index contributed by atoms with van der Waals surface area (Å²) in [5.74, 6) is 1.75. The smallest absolute Gasteiger partial charge is 0.161 e.